The standard InChI is InChI=1S/C9H9F3O3S/c10-9(11,12)4-1-5-16-7-3-2-6(15-7)8(13)14/h2-3H,1,4-5H2,(H,13,14). The van der Waals surface area contributed by atoms with E-state index in [-0.39, 0.29) is 17.9 Å². The van der Waals surface area contributed by atoms with Crippen LogP contribution in [0.2, 0.25) is 0 Å². The second-order valence-electron chi connectivity index (χ2n) is 2.99. The highest BCUT2D eigenvalue weighted by atomic mass is 32.2. The first-order chi connectivity index (χ1) is 7.38. The zero-order valence-electron chi connectivity index (χ0n) is 8.08. The van der Waals surface area contributed by atoms with Gasteiger partial charge in [0.2, 0.25) is 5.76 Å². The highest BCUT2D eigenvalue weighted by Crippen LogP contribution is 2.26. The maximum atomic E-state index is 11.8. The summed E-state index contributed by atoms with van der Waals surface area (Å²) >= 11 is 1.07. The van der Waals surface area contributed by atoms with Crippen molar-refractivity contribution in [3.05, 3.63) is 17.9 Å². The number of carboxylic acid groups (broad SMARTS) is 1. The maximum Gasteiger partial charge on any atom is 0.389 e. The van der Waals surface area contributed by atoms with Gasteiger partial charge >= 0.3 is 12.1 Å². The fourth-order valence-electron chi connectivity index (χ4n) is 0.958. The van der Waals surface area contributed by atoms with E-state index in [1.54, 1.807) is 0 Å². The van der Waals surface area contributed by atoms with Crippen molar-refractivity contribution in [2.45, 2.75) is 24.1 Å². The number of hydrogen-bond acceptors (Lipinski definition) is 3. The Morgan fingerprint density at radius 2 is 2.12 bits per heavy atom. The molecule has 16 heavy (non-hydrogen) atoms. The average molecular weight is 254 g/mol. The quantitative estimate of drug-likeness (QED) is 0.646. The van der Waals surface area contributed by atoms with Gasteiger partial charge < -0.3 is 9.52 Å². The van der Waals surface area contributed by atoms with Crippen LogP contribution in [-0.2, 0) is 0 Å². The van der Waals surface area contributed by atoms with Crippen LogP contribution < -0.4 is 0 Å². The smallest absolute Gasteiger partial charge is 0.389 e. The molecule has 0 unspecified atom stereocenters. The lowest BCUT2D eigenvalue weighted by Crippen LogP contribution is -2.06. The van der Waals surface area contributed by atoms with Gasteiger partial charge in [-0.05, 0) is 18.6 Å². The molecule has 1 rings (SSSR count). The summed E-state index contributed by atoms with van der Waals surface area (Å²) in [5, 5.41) is 8.84. The van der Waals surface area contributed by atoms with Gasteiger partial charge in [-0.1, -0.05) is 11.8 Å². The van der Waals surface area contributed by atoms with E-state index >= 15 is 0 Å². The summed E-state index contributed by atoms with van der Waals surface area (Å²) in [7, 11) is 0. The van der Waals surface area contributed by atoms with Crippen LogP contribution in [0.4, 0.5) is 13.2 Å². The predicted molar refractivity (Wildman–Crippen MR) is 51.7 cm³/mol. The Morgan fingerprint density at radius 3 is 2.62 bits per heavy atom. The molecule has 0 amide bonds. The van der Waals surface area contributed by atoms with Gasteiger partial charge in [-0.25, -0.2) is 4.79 Å². The summed E-state index contributed by atoms with van der Waals surface area (Å²) in [5.74, 6) is -1.16. The van der Waals surface area contributed by atoms with Crippen molar-refractivity contribution < 1.29 is 27.5 Å². The van der Waals surface area contributed by atoms with E-state index < -0.39 is 18.6 Å². The summed E-state index contributed by atoms with van der Waals surface area (Å²) in [6.45, 7) is 0. The van der Waals surface area contributed by atoms with Crippen molar-refractivity contribution in [3.8, 4) is 0 Å². The summed E-state index contributed by atoms with van der Waals surface area (Å²) in [5.41, 5.74) is 0. The van der Waals surface area contributed by atoms with Crippen molar-refractivity contribution in [1.82, 2.24) is 0 Å². The van der Waals surface area contributed by atoms with Crippen molar-refractivity contribution in [1.29, 1.82) is 0 Å². The third-order valence-corrected chi connectivity index (χ3v) is 2.64. The number of aromatic carboxylic acids is 1. The fraction of sp³-hybridized carbons (Fsp3) is 0.444. The third-order valence-electron chi connectivity index (χ3n) is 1.64. The first-order valence-corrected chi connectivity index (χ1v) is 5.40. The van der Waals surface area contributed by atoms with Crippen LogP contribution in [0.25, 0.3) is 0 Å². The number of carbonyl (C=O) groups is 1. The van der Waals surface area contributed by atoms with Gasteiger partial charge in [0.25, 0.3) is 0 Å². The van der Waals surface area contributed by atoms with Crippen LogP contribution in [0.5, 0.6) is 0 Å². The number of hydrogen-bond donors (Lipinski definition) is 1. The molecule has 0 aliphatic carbocycles. The first-order valence-electron chi connectivity index (χ1n) is 4.41. The average Bonchev–Trinajstić information content (AvgIpc) is 2.59. The SMILES string of the molecule is O=C(O)c1ccc(SCCCC(F)(F)F)o1. The van der Waals surface area contributed by atoms with Crippen LogP contribution in [0, 0.1) is 0 Å². The summed E-state index contributed by atoms with van der Waals surface area (Å²) in [6.07, 6.45) is -5.00. The first kappa shape index (κ1) is 13.0. The van der Waals surface area contributed by atoms with Gasteiger partial charge in [0.15, 0.2) is 5.09 Å². The van der Waals surface area contributed by atoms with Gasteiger partial charge in [0.1, 0.15) is 0 Å². The lowest BCUT2D eigenvalue weighted by molar-refractivity contribution is -0.134. The van der Waals surface area contributed by atoms with Gasteiger partial charge in [0, 0.05) is 12.2 Å². The molecule has 0 radical (unpaired) electrons. The highest BCUT2D eigenvalue weighted by molar-refractivity contribution is 7.99. The molecule has 0 aliphatic rings. The van der Waals surface area contributed by atoms with Crippen molar-refractivity contribution >= 4 is 17.7 Å². The Morgan fingerprint density at radius 1 is 1.44 bits per heavy atom. The second-order valence-corrected chi connectivity index (χ2v) is 4.09. The Balaban J connectivity index is 2.30. The van der Waals surface area contributed by atoms with E-state index in [2.05, 4.69) is 0 Å². The summed E-state index contributed by atoms with van der Waals surface area (Å²) in [6, 6.07) is 2.70. The minimum Gasteiger partial charge on any atom is -0.475 e. The monoisotopic (exact) mass is 254 g/mol. The van der Waals surface area contributed by atoms with Crippen LogP contribution in [-0.4, -0.2) is 23.0 Å². The number of alkyl halides is 3. The van der Waals surface area contributed by atoms with E-state index in [0.29, 0.717) is 5.09 Å². The molecule has 90 valence electrons. The second kappa shape index (κ2) is 5.29. The third kappa shape index (κ3) is 4.61. The fourth-order valence-corrected chi connectivity index (χ4v) is 1.76. The predicted octanol–water partition coefficient (Wildman–Crippen LogP) is 3.41. The van der Waals surface area contributed by atoms with Crippen LogP contribution in [0.1, 0.15) is 23.4 Å². The van der Waals surface area contributed by atoms with E-state index in [1.807, 2.05) is 0 Å². The van der Waals surface area contributed by atoms with Gasteiger partial charge in [0.05, 0.1) is 0 Å². The van der Waals surface area contributed by atoms with Gasteiger partial charge in [-0.2, -0.15) is 13.2 Å². The van der Waals surface area contributed by atoms with Crippen molar-refractivity contribution in [2.75, 3.05) is 5.75 Å². The number of carboxylic acids is 1. The number of thioether (sulfide) groups is 1. The Labute approximate surface area is 93.6 Å². The van der Waals surface area contributed by atoms with E-state index in [0.717, 1.165) is 11.8 Å². The highest BCUT2D eigenvalue weighted by Gasteiger charge is 2.26. The molecule has 0 atom stereocenters. The number of rotatable bonds is 5. The van der Waals surface area contributed by atoms with Crippen LogP contribution in [0.15, 0.2) is 21.6 Å². The van der Waals surface area contributed by atoms with E-state index in [4.69, 9.17) is 9.52 Å². The molecule has 0 spiro atoms. The Kier molecular flexibility index (Phi) is 4.28. The molecule has 0 aliphatic heterocycles. The number of furan rings is 1. The molecular formula is C9H9F3O3S. The Hall–Kier alpha value is -1.11. The minimum absolute atomic E-state index is 0.0166. The molecule has 1 aromatic heterocycles. The molecule has 1 heterocycles. The summed E-state index contributed by atoms with van der Waals surface area (Å²) < 4.78 is 40.2. The van der Waals surface area contributed by atoms with Crippen LogP contribution >= 0.6 is 11.8 Å². The van der Waals surface area contributed by atoms with Gasteiger partial charge in [-0.15, -0.1) is 0 Å². The molecule has 1 aromatic rings. The minimum atomic E-state index is -4.14. The molecule has 0 fully saturated rings. The van der Waals surface area contributed by atoms with Crippen molar-refractivity contribution in [2.24, 2.45) is 0 Å². The molecule has 0 saturated carbocycles. The molecule has 1 N–H and O–H groups in total. The summed E-state index contributed by atoms with van der Waals surface area (Å²) in [4.78, 5) is 10.4. The molecule has 3 nitrogen and oxygen atoms in total. The van der Waals surface area contributed by atoms with Crippen LogP contribution in [0.3, 0.4) is 0 Å². The molecular weight excluding hydrogens is 245 g/mol. The molecule has 0 saturated heterocycles. The zero-order chi connectivity index (χ0) is 12.2. The molecule has 7 heteroatoms. The lowest BCUT2D eigenvalue weighted by atomic mass is 10.3. The van der Waals surface area contributed by atoms with E-state index in [9.17, 15) is 18.0 Å². The van der Waals surface area contributed by atoms with Gasteiger partial charge in [-0.3, -0.25) is 0 Å². The van der Waals surface area contributed by atoms with Crippen molar-refractivity contribution in [3.63, 3.8) is 0 Å². The molecule has 0 aromatic carbocycles. The maximum absolute atomic E-state index is 11.8. The number of halogens is 3. The Bertz CT molecular complexity index is 359. The molecule has 0 bridgehead atoms. The van der Waals surface area contributed by atoms with E-state index in [1.165, 1.54) is 12.1 Å². The zero-order valence-corrected chi connectivity index (χ0v) is 8.90. The topological polar surface area (TPSA) is 50.4 Å². The largest absolute Gasteiger partial charge is 0.475 e. The normalized spacial score (nSPS) is 11.7. The lowest BCUT2D eigenvalue weighted by Gasteiger charge is -2.04.